The zero-order valence-corrected chi connectivity index (χ0v) is 14.9. The molecule has 0 spiro atoms. The third-order valence-corrected chi connectivity index (χ3v) is 2.48. The van der Waals surface area contributed by atoms with Crippen molar-refractivity contribution >= 4 is 0 Å². The molecule has 2 nitrogen and oxygen atoms in total. The van der Waals surface area contributed by atoms with E-state index in [9.17, 15) is 0 Å². The molecule has 0 rings (SSSR count). The monoisotopic (exact) mass is 271 g/mol. The molecule has 0 aromatic carbocycles. The fourth-order valence-corrected chi connectivity index (χ4v) is 2.13. The SMILES string of the molecule is CC(C)(C)COCCN(CC(C)(C)C)CC(C)(C)C. The molecule has 0 unspecified atom stereocenters. The van der Waals surface area contributed by atoms with E-state index >= 15 is 0 Å². The van der Waals surface area contributed by atoms with E-state index in [1.165, 1.54) is 0 Å². The van der Waals surface area contributed by atoms with Gasteiger partial charge in [0.15, 0.2) is 0 Å². The van der Waals surface area contributed by atoms with Gasteiger partial charge in [-0.15, -0.1) is 0 Å². The highest BCUT2D eigenvalue weighted by Crippen LogP contribution is 2.20. The highest BCUT2D eigenvalue weighted by molar-refractivity contribution is 4.74. The van der Waals surface area contributed by atoms with Crippen LogP contribution in [-0.4, -0.2) is 37.7 Å². The fourth-order valence-electron chi connectivity index (χ4n) is 2.13. The van der Waals surface area contributed by atoms with E-state index in [4.69, 9.17) is 4.74 Å². The Morgan fingerprint density at radius 3 is 1.42 bits per heavy atom. The van der Waals surface area contributed by atoms with E-state index in [-0.39, 0.29) is 5.41 Å². The van der Waals surface area contributed by atoms with E-state index < -0.39 is 0 Å². The minimum atomic E-state index is 0.263. The van der Waals surface area contributed by atoms with E-state index in [0.717, 1.165) is 32.8 Å². The summed E-state index contributed by atoms with van der Waals surface area (Å²) in [4.78, 5) is 2.54. The predicted molar refractivity (Wildman–Crippen MR) is 85.6 cm³/mol. The second-order valence-electron chi connectivity index (χ2n) is 9.45. The molecule has 0 heterocycles. The van der Waals surface area contributed by atoms with E-state index in [0.29, 0.717) is 10.8 Å². The number of rotatable bonds is 6. The third-order valence-electron chi connectivity index (χ3n) is 2.48. The van der Waals surface area contributed by atoms with Crippen LogP contribution in [-0.2, 0) is 4.74 Å². The molecule has 0 radical (unpaired) electrons. The van der Waals surface area contributed by atoms with Crippen LogP contribution >= 0.6 is 0 Å². The summed E-state index contributed by atoms with van der Waals surface area (Å²) in [7, 11) is 0. The summed E-state index contributed by atoms with van der Waals surface area (Å²) in [5.74, 6) is 0. The maximum atomic E-state index is 5.82. The summed E-state index contributed by atoms with van der Waals surface area (Å²) in [5.41, 5.74) is 0.948. The number of hydrogen-bond acceptors (Lipinski definition) is 2. The lowest BCUT2D eigenvalue weighted by atomic mass is 9.92. The number of nitrogens with zero attached hydrogens (tertiary/aromatic N) is 1. The van der Waals surface area contributed by atoms with E-state index in [1.54, 1.807) is 0 Å². The van der Waals surface area contributed by atoms with Crippen molar-refractivity contribution in [2.45, 2.75) is 62.3 Å². The van der Waals surface area contributed by atoms with Crippen molar-refractivity contribution in [3.05, 3.63) is 0 Å². The molecular weight excluding hydrogens is 234 g/mol. The Morgan fingerprint density at radius 1 is 0.684 bits per heavy atom. The van der Waals surface area contributed by atoms with Crippen LogP contribution in [0.2, 0.25) is 0 Å². The highest BCUT2D eigenvalue weighted by Gasteiger charge is 2.21. The van der Waals surface area contributed by atoms with Crippen LogP contribution in [0, 0.1) is 16.2 Å². The normalized spacial score (nSPS) is 14.2. The van der Waals surface area contributed by atoms with Gasteiger partial charge in [0, 0.05) is 19.6 Å². The Hall–Kier alpha value is -0.0800. The topological polar surface area (TPSA) is 12.5 Å². The first kappa shape index (κ1) is 18.9. The van der Waals surface area contributed by atoms with Crippen molar-refractivity contribution in [2.24, 2.45) is 16.2 Å². The van der Waals surface area contributed by atoms with E-state index in [2.05, 4.69) is 67.2 Å². The van der Waals surface area contributed by atoms with Crippen molar-refractivity contribution in [3.63, 3.8) is 0 Å². The Bertz CT molecular complexity index is 223. The first-order valence-electron chi connectivity index (χ1n) is 7.59. The molecule has 2 heteroatoms. The number of hydrogen-bond donors (Lipinski definition) is 0. The summed E-state index contributed by atoms with van der Waals surface area (Å²) >= 11 is 0. The molecule has 0 saturated heterocycles. The Balaban J connectivity index is 4.20. The largest absolute Gasteiger partial charge is 0.380 e. The maximum absolute atomic E-state index is 5.82. The van der Waals surface area contributed by atoms with Gasteiger partial charge in [0.1, 0.15) is 0 Å². The summed E-state index contributed by atoms with van der Waals surface area (Å²) in [6.07, 6.45) is 0. The molecule has 0 saturated carbocycles. The van der Waals surface area contributed by atoms with Crippen molar-refractivity contribution in [1.82, 2.24) is 4.90 Å². The van der Waals surface area contributed by atoms with Gasteiger partial charge in [-0.05, 0) is 16.2 Å². The summed E-state index contributed by atoms with van der Waals surface area (Å²) in [6, 6.07) is 0. The molecule has 0 aliphatic heterocycles. The lowest BCUT2D eigenvalue weighted by Gasteiger charge is -2.34. The van der Waals surface area contributed by atoms with Crippen molar-refractivity contribution in [2.75, 3.05) is 32.8 Å². The Kier molecular flexibility index (Phi) is 7.05. The average Bonchev–Trinajstić information content (AvgIpc) is 2.05. The zero-order valence-electron chi connectivity index (χ0n) is 14.9. The van der Waals surface area contributed by atoms with Crippen LogP contribution in [0.25, 0.3) is 0 Å². The lowest BCUT2D eigenvalue weighted by molar-refractivity contribution is 0.0404. The van der Waals surface area contributed by atoms with E-state index in [1.807, 2.05) is 0 Å². The summed E-state index contributed by atoms with van der Waals surface area (Å²) < 4.78 is 5.82. The van der Waals surface area contributed by atoms with Gasteiger partial charge in [-0.2, -0.15) is 0 Å². The van der Waals surface area contributed by atoms with Gasteiger partial charge < -0.3 is 9.64 Å². The molecule has 116 valence electrons. The van der Waals surface area contributed by atoms with Gasteiger partial charge in [-0.25, -0.2) is 0 Å². The first-order valence-corrected chi connectivity index (χ1v) is 7.59. The van der Waals surface area contributed by atoms with Gasteiger partial charge in [0.05, 0.1) is 13.2 Å². The summed E-state index contributed by atoms with van der Waals surface area (Å²) in [5, 5.41) is 0. The standard InChI is InChI=1S/C17H37NO/c1-15(2,3)12-18(13-16(4,5)6)10-11-19-14-17(7,8)9/h10-14H2,1-9H3. The zero-order chi connectivity index (χ0) is 15.3. The second-order valence-corrected chi connectivity index (χ2v) is 9.45. The van der Waals surface area contributed by atoms with Gasteiger partial charge >= 0.3 is 0 Å². The van der Waals surface area contributed by atoms with Crippen LogP contribution in [0.3, 0.4) is 0 Å². The molecule has 0 aliphatic rings. The van der Waals surface area contributed by atoms with Crippen molar-refractivity contribution < 1.29 is 4.74 Å². The van der Waals surface area contributed by atoms with Crippen LogP contribution < -0.4 is 0 Å². The molecule has 0 fully saturated rings. The van der Waals surface area contributed by atoms with Crippen LogP contribution in [0.5, 0.6) is 0 Å². The molecular formula is C17H37NO. The van der Waals surface area contributed by atoms with Gasteiger partial charge in [0.2, 0.25) is 0 Å². The molecule has 0 bridgehead atoms. The Labute approximate surface area is 121 Å². The molecule has 0 N–H and O–H groups in total. The molecule has 0 aromatic rings. The minimum absolute atomic E-state index is 0.263. The smallest absolute Gasteiger partial charge is 0.0593 e. The quantitative estimate of drug-likeness (QED) is 0.662. The number of ether oxygens (including phenoxy) is 1. The first-order chi connectivity index (χ1) is 8.29. The van der Waals surface area contributed by atoms with Gasteiger partial charge in [0.25, 0.3) is 0 Å². The minimum Gasteiger partial charge on any atom is -0.380 e. The predicted octanol–water partition coefficient (Wildman–Crippen LogP) is 4.44. The van der Waals surface area contributed by atoms with Crippen LogP contribution in [0.4, 0.5) is 0 Å². The van der Waals surface area contributed by atoms with Crippen LogP contribution in [0.1, 0.15) is 62.3 Å². The fraction of sp³-hybridized carbons (Fsp3) is 1.00. The van der Waals surface area contributed by atoms with Crippen LogP contribution in [0.15, 0.2) is 0 Å². The average molecular weight is 271 g/mol. The highest BCUT2D eigenvalue weighted by atomic mass is 16.5. The second kappa shape index (κ2) is 7.08. The van der Waals surface area contributed by atoms with Crippen molar-refractivity contribution in [3.8, 4) is 0 Å². The summed E-state index contributed by atoms with van der Waals surface area (Å²) in [6.45, 7) is 25.4. The van der Waals surface area contributed by atoms with Crippen molar-refractivity contribution in [1.29, 1.82) is 0 Å². The maximum Gasteiger partial charge on any atom is 0.0593 e. The molecule has 0 amide bonds. The third kappa shape index (κ3) is 14.1. The van der Waals surface area contributed by atoms with Gasteiger partial charge in [-0.3, -0.25) is 0 Å². The molecule has 0 aliphatic carbocycles. The molecule has 19 heavy (non-hydrogen) atoms. The van der Waals surface area contributed by atoms with Gasteiger partial charge in [-0.1, -0.05) is 62.3 Å². The lowest BCUT2D eigenvalue weighted by Crippen LogP contribution is -2.40. The molecule has 0 atom stereocenters. The Morgan fingerprint density at radius 2 is 1.11 bits per heavy atom. The molecule has 0 aromatic heterocycles.